The van der Waals surface area contributed by atoms with E-state index in [1.54, 1.807) is 12.1 Å². The molecule has 0 saturated heterocycles. The van der Waals surface area contributed by atoms with Crippen LogP contribution in [0.5, 0.6) is 0 Å². The summed E-state index contributed by atoms with van der Waals surface area (Å²) < 4.78 is 12.9. The highest BCUT2D eigenvalue weighted by atomic mass is 32.2. The zero-order valence-corrected chi connectivity index (χ0v) is 16.3. The van der Waals surface area contributed by atoms with Crippen LogP contribution in [-0.2, 0) is 0 Å². The molecule has 4 nitrogen and oxygen atoms in total. The molecule has 0 saturated carbocycles. The maximum Gasteiger partial charge on any atom is 0.257 e. The summed E-state index contributed by atoms with van der Waals surface area (Å²) in [6.07, 6.45) is 1.46. The van der Waals surface area contributed by atoms with E-state index < -0.39 is 0 Å². The summed E-state index contributed by atoms with van der Waals surface area (Å²) in [6.45, 7) is 3.92. The molecule has 0 radical (unpaired) electrons. The number of hydrogen-bond acceptors (Lipinski definition) is 4. The van der Waals surface area contributed by atoms with Crippen LogP contribution in [0.2, 0.25) is 0 Å². The summed E-state index contributed by atoms with van der Waals surface area (Å²) in [7, 11) is 0. The maximum atomic E-state index is 12.9. The van der Waals surface area contributed by atoms with Gasteiger partial charge in [0.1, 0.15) is 5.82 Å². The number of nitrogens with one attached hydrogen (secondary N) is 1. The number of carbonyl (C=O) groups excluding carboxylic acids is 2. The lowest BCUT2D eigenvalue weighted by Crippen LogP contribution is -2.12. The van der Waals surface area contributed by atoms with Gasteiger partial charge in [0.15, 0.2) is 5.78 Å². The third-order valence-electron chi connectivity index (χ3n) is 4.13. The summed E-state index contributed by atoms with van der Waals surface area (Å²) in [5.41, 5.74) is 3.69. The molecule has 0 aliphatic rings. The molecule has 0 fully saturated rings. The van der Waals surface area contributed by atoms with Gasteiger partial charge < -0.3 is 5.32 Å². The van der Waals surface area contributed by atoms with Crippen LogP contribution < -0.4 is 5.32 Å². The number of benzene rings is 2. The first-order valence-corrected chi connectivity index (χ1v) is 9.67. The molecule has 0 bridgehead atoms. The Labute approximate surface area is 167 Å². The molecule has 142 valence electrons. The molecule has 1 heterocycles. The van der Waals surface area contributed by atoms with Crippen molar-refractivity contribution >= 4 is 29.1 Å². The molecule has 1 N–H and O–H groups in total. The lowest BCUT2D eigenvalue weighted by Gasteiger charge is -2.07. The first-order valence-electron chi connectivity index (χ1n) is 8.68. The molecule has 0 unspecified atom stereocenters. The van der Waals surface area contributed by atoms with Crippen molar-refractivity contribution in [3.05, 3.63) is 88.9 Å². The van der Waals surface area contributed by atoms with E-state index in [9.17, 15) is 14.0 Å². The summed E-state index contributed by atoms with van der Waals surface area (Å²) >= 11 is 1.33. The number of ketones is 1. The van der Waals surface area contributed by atoms with E-state index in [0.717, 1.165) is 11.1 Å². The van der Waals surface area contributed by atoms with Crippen molar-refractivity contribution in [1.82, 2.24) is 4.98 Å². The highest BCUT2D eigenvalue weighted by Gasteiger charge is 2.11. The van der Waals surface area contributed by atoms with Crippen molar-refractivity contribution in [2.75, 3.05) is 11.1 Å². The second-order valence-electron chi connectivity index (χ2n) is 6.38. The zero-order chi connectivity index (χ0) is 20.1. The second kappa shape index (κ2) is 8.80. The highest BCUT2D eigenvalue weighted by Crippen LogP contribution is 2.20. The standard InChI is InChI=1S/C22H19FN2O2S/c1-14-3-9-19(15(2)11-14)20(26)13-28-21-10-4-16(12-24-21)22(27)25-18-7-5-17(23)6-8-18/h3-12H,13H2,1-2H3,(H,25,27). The number of aromatic nitrogens is 1. The Morgan fingerprint density at radius 1 is 1.04 bits per heavy atom. The van der Waals surface area contributed by atoms with Crippen molar-refractivity contribution in [2.45, 2.75) is 18.9 Å². The fraction of sp³-hybridized carbons (Fsp3) is 0.136. The number of thioether (sulfide) groups is 1. The number of anilines is 1. The normalized spacial score (nSPS) is 10.5. The predicted octanol–water partition coefficient (Wildman–Crippen LogP) is 5.06. The Morgan fingerprint density at radius 2 is 1.79 bits per heavy atom. The lowest BCUT2D eigenvalue weighted by atomic mass is 10.0. The van der Waals surface area contributed by atoms with Crippen LogP contribution in [0, 0.1) is 19.7 Å². The number of rotatable bonds is 6. The Bertz CT molecular complexity index is 1000. The van der Waals surface area contributed by atoms with Gasteiger partial charge in [0.05, 0.1) is 16.3 Å². The lowest BCUT2D eigenvalue weighted by molar-refractivity contribution is 0.101. The van der Waals surface area contributed by atoms with Gasteiger partial charge in [0, 0.05) is 17.4 Å². The van der Waals surface area contributed by atoms with E-state index in [1.165, 1.54) is 42.2 Å². The predicted molar refractivity (Wildman–Crippen MR) is 110 cm³/mol. The van der Waals surface area contributed by atoms with Crippen LogP contribution in [-0.4, -0.2) is 22.4 Å². The molecule has 3 rings (SSSR count). The monoisotopic (exact) mass is 394 g/mol. The van der Waals surface area contributed by atoms with Crippen molar-refractivity contribution in [3.63, 3.8) is 0 Å². The molecular formula is C22H19FN2O2S. The molecule has 0 spiro atoms. The van der Waals surface area contributed by atoms with Crippen LogP contribution >= 0.6 is 11.8 Å². The number of nitrogens with zero attached hydrogens (tertiary/aromatic N) is 1. The number of aryl methyl sites for hydroxylation is 2. The Hall–Kier alpha value is -2.99. The molecule has 2 aromatic carbocycles. The SMILES string of the molecule is Cc1ccc(C(=O)CSc2ccc(C(=O)Nc3ccc(F)cc3)cn2)c(C)c1. The van der Waals surface area contributed by atoms with Crippen LogP contribution in [0.3, 0.4) is 0 Å². The summed E-state index contributed by atoms with van der Waals surface area (Å²) in [4.78, 5) is 28.9. The van der Waals surface area contributed by atoms with Gasteiger partial charge in [0.2, 0.25) is 0 Å². The van der Waals surface area contributed by atoms with E-state index in [1.807, 2.05) is 32.0 Å². The molecule has 28 heavy (non-hydrogen) atoms. The third-order valence-corrected chi connectivity index (χ3v) is 5.08. The van der Waals surface area contributed by atoms with Gasteiger partial charge in [-0.1, -0.05) is 35.5 Å². The molecule has 6 heteroatoms. The first kappa shape index (κ1) is 19.8. The molecule has 1 aromatic heterocycles. The van der Waals surface area contributed by atoms with E-state index >= 15 is 0 Å². The Morgan fingerprint density at radius 3 is 2.43 bits per heavy atom. The van der Waals surface area contributed by atoms with Crippen LogP contribution in [0.15, 0.2) is 65.8 Å². The van der Waals surface area contributed by atoms with Gasteiger partial charge in [-0.3, -0.25) is 9.59 Å². The van der Waals surface area contributed by atoms with Crippen molar-refractivity contribution in [2.24, 2.45) is 0 Å². The molecular weight excluding hydrogens is 375 g/mol. The van der Waals surface area contributed by atoms with Gasteiger partial charge >= 0.3 is 0 Å². The number of carbonyl (C=O) groups is 2. The average Bonchev–Trinajstić information content (AvgIpc) is 2.68. The molecule has 1 amide bonds. The van der Waals surface area contributed by atoms with Crippen molar-refractivity contribution < 1.29 is 14.0 Å². The van der Waals surface area contributed by atoms with Crippen LogP contribution in [0.25, 0.3) is 0 Å². The smallest absolute Gasteiger partial charge is 0.257 e. The fourth-order valence-corrected chi connectivity index (χ4v) is 3.41. The third kappa shape index (κ3) is 5.04. The van der Waals surface area contributed by atoms with Crippen LogP contribution in [0.4, 0.5) is 10.1 Å². The Kier molecular flexibility index (Phi) is 6.21. The quantitative estimate of drug-likeness (QED) is 0.469. The second-order valence-corrected chi connectivity index (χ2v) is 7.37. The molecule has 3 aromatic rings. The minimum Gasteiger partial charge on any atom is -0.322 e. The largest absolute Gasteiger partial charge is 0.322 e. The zero-order valence-electron chi connectivity index (χ0n) is 15.5. The van der Waals surface area contributed by atoms with Gasteiger partial charge in [-0.25, -0.2) is 9.37 Å². The molecule has 0 atom stereocenters. The molecule has 0 aliphatic heterocycles. The van der Waals surface area contributed by atoms with E-state index in [2.05, 4.69) is 10.3 Å². The van der Waals surface area contributed by atoms with E-state index in [0.29, 0.717) is 21.8 Å². The Balaban J connectivity index is 1.58. The summed E-state index contributed by atoms with van der Waals surface area (Å²) in [6, 6.07) is 14.7. The van der Waals surface area contributed by atoms with Gasteiger partial charge in [0.25, 0.3) is 5.91 Å². The number of Topliss-reactive ketones (excluding diaryl/α,β-unsaturated/α-hetero) is 1. The van der Waals surface area contributed by atoms with E-state index in [-0.39, 0.29) is 23.3 Å². The number of amides is 1. The first-order chi connectivity index (χ1) is 13.4. The van der Waals surface area contributed by atoms with Gasteiger partial charge in [-0.2, -0.15) is 0 Å². The van der Waals surface area contributed by atoms with Gasteiger partial charge in [-0.05, 0) is 55.8 Å². The molecule has 0 aliphatic carbocycles. The maximum absolute atomic E-state index is 12.9. The topological polar surface area (TPSA) is 59.1 Å². The van der Waals surface area contributed by atoms with Crippen molar-refractivity contribution in [1.29, 1.82) is 0 Å². The summed E-state index contributed by atoms with van der Waals surface area (Å²) in [5, 5.41) is 3.34. The number of pyridine rings is 1. The highest BCUT2D eigenvalue weighted by molar-refractivity contribution is 7.99. The van der Waals surface area contributed by atoms with Crippen molar-refractivity contribution in [3.8, 4) is 0 Å². The number of hydrogen-bond donors (Lipinski definition) is 1. The minimum absolute atomic E-state index is 0.0439. The van der Waals surface area contributed by atoms with Gasteiger partial charge in [-0.15, -0.1) is 0 Å². The van der Waals surface area contributed by atoms with E-state index in [4.69, 9.17) is 0 Å². The van der Waals surface area contributed by atoms with Crippen LogP contribution in [0.1, 0.15) is 31.8 Å². The fourth-order valence-electron chi connectivity index (χ4n) is 2.68. The summed E-state index contributed by atoms with van der Waals surface area (Å²) in [5.74, 6) is -0.376. The number of halogens is 1. The minimum atomic E-state index is -0.364. The average molecular weight is 394 g/mol.